The minimum absolute atomic E-state index is 0.297. The molecule has 0 saturated carbocycles. The van der Waals surface area contributed by atoms with Crippen molar-refractivity contribution in [1.29, 1.82) is 0 Å². The van der Waals surface area contributed by atoms with E-state index >= 15 is 0 Å². The van der Waals surface area contributed by atoms with Crippen molar-refractivity contribution < 1.29 is 14.3 Å². The highest BCUT2D eigenvalue weighted by Gasteiger charge is 2.11. The molecule has 16 heavy (non-hydrogen) atoms. The van der Waals surface area contributed by atoms with Crippen LogP contribution in [-0.4, -0.2) is 11.9 Å². The van der Waals surface area contributed by atoms with Gasteiger partial charge in [0, 0.05) is 6.08 Å². The van der Waals surface area contributed by atoms with Crippen molar-refractivity contribution in [3.05, 3.63) is 42.0 Å². The van der Waals surface area contributed by atoms with Crippen LogP contribution in [0.2, 0.25) is 0 Å². The van der Waals surface area contributed by atoms with E-state index in [0.29, 0.717) is 0 Å². The van der Waals surface area contributed by atoms with Gasteiger partial charge in [-0.2, -0.15) is 0 Å². The average Bonchev–Trinajstić information content (AvgIpc) is 2.27. The van der Waals surface area contributed by atoms with Crippen LogP contribution in [0.5, 0.6) is 0 Å². The molecule has 0 aliphatic heterocycles. The predicted molar refractivity (Wildman–Crippen MR) is 61.4 cm³/mol. The highest BCUT2D eigenvalue weighted by Crippen LogP contribution is 2.02. The molecular weight excluding hydrogens is 204 g/mol. The Morgan fingerprint density at radius 3 is 2.38 bits per heavy atom. The van der Waals surface area contributed by atoms with Crippen LogP contribution in [0, 0.1) is 5.92 Å². The molecule has 3 heteroatoms. The number of carbonyl (C=O) groups excluding carboxylic acids is 2. The number of carbonyl (C=O) groups is 2. The van der Waals surface area contributed by atoms with Gasteiger partial charge in [0.1, 0.15) is 0 Å². The Morgan fingerprint density at radius 2 is 1.81 bits per heavy atom. The lowest BCUT2D eigenvalue weighted by molar-refractivity contribution is -0.158. The van der Waals surface area contributed by atoms with E-state index in [0.717, 1.165) is 5.56 Å². The molecule has 0 amide bonds. The molecule has 1 rings (SSSR count). The van der Waals surface area contributed by atoms with Crippen LogP contribution < -0.4 is 0 Å². The summed E-state index contributed by atoms with van der Waals surface area (Å²) in [4.78, 5) is 22.3. The van der Waals surface area contributed by atoms with Crippen molar-refractivity contribution in [3.63, 3.8) is 0 Å². The molecule has 0 unspecified atom stereocenters. The van der Waals surface area contributed by atoms with Gasteiger partial charge in [-0.25, -0.2) is 4.79 Å². The quantitative estimate of drug-likeness (QED) is 0.444. The first-order valence-electron chi connectivity index (χ1n) is 5.08. The van der Waals surface area contributed by atoms with Crippen molar-refractivity contribution in [2.24, 2.45) is 5.92 Å². The second kappa shape index (κ2) is 5.85. The standard InChI is InChI=1S/C13H14O3/c1-10(2)13(15)16-12(14)9-8-11-6-4-3-5-7-11/h3-10H,1-2H3/b9-8+. The lowest BCUT2D eigenvalue weighted by atomic mass is 10.2. The van der Waals surface area contributed by atoms with Crippen molar-refractivity contribution >= 4 is 18.0 Å². The van der Waals surface area contributed by atoms with Gasteiger partial charge in [0.15, 0.2) is 0 Å². The van der Waals surface area contributed by atoms with E-state index in [9.17, 15) is 9.59 Å². The maximum absolute atomic E-state index is 11.2. The third-order valence-corrected chi connectivity index (χ3v) is 1.88. The van der Waals surface area contributed by atoms with Gasteiger partial charge in [0.05, 0.1) is 5.92 Å². The van der Waals surface area contributed by atoms with Crippen molar-refractivity contribution in [2.75, 3.05) is 0 Å². The van der Waals surface area contributed by atoms with E-state index in [-0.39, 0.29) is 5.92 Å². The number of rotatable bonds is 3. The lowest BCUT2D eigenvalue weighted by Crippen LogP contribution is -2.15. The first-order valence-corrected chi connectivity index (χ1v) is 5.08. The number of esters is 2. The average molecular weight is 218 g/mol. The second-order valence-corrected chi connectivity index (χ2v) is 3.64. The molecule has 0 heterocycles. The Bertz CT molecular complexity index is 391. The molecule has 0 bridgehead atoms. The van der Waals surface area contributed by atoms with Gasteiger partial charge in [-0.05, 0) is 11.6 Å². The number of hydrogen-bond donors (Lipinski definition) is 0. The molecule has 0 spiro atoms. The topological polar surface area (TPSA) is 43.4 Å². The van der Waals surface area contributed by atoms with Gasteiger partial charge >= 0.3 is 11.9 Å². The van der Waals surface area contributed by atoms with Crippen molar-refractivity contribution in [3.8, 4) is 0 Å². The van der Waals surface area contributed by atoms with Crippen LogP contribution in [0.3, 0.4) is 0 Å². The van der Waals surface area contributed by atoms with E-state index in [1.807, 2.05) is 30.3 Å². The van der Waals surface area contributed by atoms with Crippen LogP contribution in [0.4, 0.5) is 0 Å². The fourth-order valence-corrected chi connectivity index (χ4v) is 0.979. The third-order valence-electron chi connectivity index (χ3n) is 1.88. The summed E-state index contributed by atoms with van der Waals surface area (Å²) < 4.78 is 4.57. The smallest absolute Gasteiger partial charge is 0.338 e. The molecule has 0 radical (unpaired) electrons. The Labute approximate surface area is 94.7 Å². The third kappa shape index (κ3) is 4.09. The molecule has 0 atom stereocenters. The fraction of sp³-hybridized carbons (Fsp3) is 0.231. The van der Waals surface area contributed by atoms with Crippen LogP contribution in [0.25, 0.3) is 6.08 Å². The molecule has 1 aromatic rings. The summed E-state index contributed by atoms with van der Waals surface area (Å²) in [6, 6.07) is 9.33. The second-order valence-electron chi connectivity index (χ2n) is 3.64. The molecule has 3 nitrogen and oxygen atoms in total. The highest BCUT2D eigenvalue weighted by atomic mass is 16.6. The summed E-state index contributed by atoms with van der Waals surface area (Å²) in [6.07, 6.45) is 2.85. The zero-order valence-electron chi connectivity index (χ0n) is 9.34. The molecule has 84 valence electrons. The van der Waals surface area contributed by atoms with E-state index < -0.39 is 11.9 Å². The maximum Gasteiger partial charge on any atom is 0.338 e. The zero-order chi connectivity index (χ0) is 12.0. The van der Waals surface area contributed by atoms with E-state index in [1.54, 1.807) is 19.9 Å². The normalized spacial score (nSPS) is 10.7. The Balaban J connectivity index is 2.52. The minimum atomic E-state index is -0.637. The number of benzene rings is 1. The summed E-state index contributed by atoms with van der Waals surface area (Å²) in [6.45, 7) is 3.35. The van der Waals surface area contributed by atoms with E-state index in [4.69, 9.17) is 0 Å². The fourth-order valence-electron chi connectivity index (χ4n) is 0.979. The van der Waals surface area contributed by atoms with Crippen molar-refractivity contribution in [1.82, 2.24) is 0 Å². The molecule has 1 aromatic carbocycles. The van der Waals surface area contributed by atoms with E-state index in [1.165, 1.54) is 6.08 Å². The monoisotopic (exact) mass is 218 g/mol. The van der Waals surface area contributed by atoms with E-state index in [2.05, 4.69) is 4.74 Å². The van der Waals surface area contributed by atoms with Crippen LogP contribution >= 0.6 is 0 Å². The van der Waals surface area contributed by atoms with Crippen molar-refractivity contribution in [2.45, 2.75) is 13.8 Å². The summed E-state index contributed by atoms with van der Waals surface area (Å²) in [7, 11) is 0. The SMILES string of the molecule is CC(C)C(=O)OC(=O)/C=C/c1ccccc1. The van der Waals surface area contributed by atoms with Gasteiger partial charge in [0.25, 0.3) is 0 Å². The highest BCUT2D eigenvalue weighted by molar-refractivity contribution is 5.95. The Morgan fingerprint density at radius 1 is 1.19 bits per heavy atom. The van der Waals surface area contributed by atoms with Crippen LogP contribution in [0.15, 0.2) is 36.4 Å². The first-order chi connectivity index (χ1) is 7.59. The Kier molecular flexibility index (Phi) is 4.45. The number of ether oxygens (including phenoxy) is 1. The summed E-state index contributed by atoms with van der Waals surface area (Å²) in [5, 5.41) is 0. The zero-order valence-corrected chi connectivity index (χ0v) is 9.34. The molecule has 0 aromatic heterocycles. The molecule has 0 fully saturated rings. The molecular formula is C13H14O3. The van der Waals surface area contributed by atoms with Gasteiger partial charge < -0.3 is 4.74 Å². The lowest BCUT2D eigenvalue weighted by Gasteiger charge is -2.01. The summed E-state index contributed by atoms with van der Waals surface area (Å²) >= 11 is 0. The van der Waals surface area contributed by atoms with Gasteiger partial charge in [-0.3, -0.25) is 4.79 Å². The van der Waals surface area contributed by atoms with Crippen LogP contribution in [-0.2, 0) is 14.3 Å². The largest absolute Gasteiger partial charge is 0.390 e. The van der Waals surface area contributed by atoms with Gasteiger partial charge in [-0.1, -0.05) is 44.2 Å². The number of hydrogen-bond acceptors (Lipinski definition) is 3. The minimum Gasteiger partial charge on any atom is -0.390 e. The summed E-state index contributed by atoms with van der Waals surface area (Å²) in [5.74, 6) is -1.45. The molecule has 0 N–H and O–H groups in total. The summed E-state index contributed by atoms with van der Waals surface area (Å²) in [5.41, 5.74) is 0.886. The predicted octanol–water partition coefficient (Wildman–Crippen LogP) is 2.43. The molecule has 0 aliphatic rings. The molecule has 0 aliphatic carbocycles. The maximum atomic E-state index is 11.2. The Hall–Kier alpha value is -1.90. The molecule has 0 saturated heterocycles. The van der Waals surface area contributed by atoms with Gasteiger partial charge in [0.2, 0.25) is 0 Å². The first kappa shape index (κ1) is 12.2. The van der Waals surface area contributed by atoms with Crippen LogP contribution in [0.1, 0.15) is 19.4 Å². The van der Waals surface area contributed by atoms with Gasteiger partial charge in [-0.15, -0.1) is 0 Å².